The fourth-order valence-corrected chi connectivity index (χ4v) is 3.09. The van der Waals surface area contributed by atoms with Crippen molar-refractivity contribution in [3.63, 3.8) is 0 Å². The number of ether oxygens (including phenoxy) is 1. The molecular formula is C19H24N2O5S. The van der Waals surface area contributed by atoms with Crippen molar-refractivity contribution in [1.82, 2.24) is 4.90 Å². The quantitative estimate of drug-likeness (QED) is 0.637. The van der Waals surface area contributed by atoms with Crippen LogP contribution >= 0.6 is 0 Å². The van der Waals surface area contributed by atoms with Crippen LogP contribution in [0.15, 0.2) is 53.4 Å². The zero-order valence-corrected chi connectivity index (χ0v) is 16.2. The lowest BCUT2D eigenvalue weighted by atomic mass is 10.2. The molecule has 2 aromatic rings. The van der Waals surface area contributed by atoms with Gasteiger partial charge in [0.1, 0.15) is 12.4 Å². The van der Waals surface area contributed by atoms with E-state index in [0.717, 1.165) is 12.1 Å². The molecule has 0 aliphatic rings. The average molecular weight is 392 g/mol. The first kappa shape index (κ1) is 20.9. The lowest BCUT2D eigenvalue weighted by molar-refractivity contribution is -0.114. The lowest BCUT2D eigenvalue weighted by Crippen LogP contribution is -2.28. The van der Waals surface area contributed by atoms with Crippen molar-refractivity contribution in [2.75, 3.05) is 25.0 Å². The normalized spacial score (nSPS) is 11.4. The molecule has 0 aromatic heterocycles. The van der Waals surface area contributed by atoms with E-state index in [-0.39, 0.29) is 10.8 Å². The molecule has 27 heavy (non-hydrogen) atoms. The first-order valence-electron chi connectivity index (χ1n) is 8.57. The van der Waals surface area contributed by atoms with Gasteiger partial charge in [0.2, 0.25) is 5.91 Å². The molecule has 2 rings (SSSR count). The second-order valence-electron chi connectivity index (χ2n) is 6.05. The highest BCUT2D eigenvalue weighted by atomic mass is 32.2. The van der Waals surface area contributed by atoms with Crippen molar-refractivity contribution in [2.24, 2.45) is 0 Å². The monoisotopic (exact) mass is 392 g/mol. The van der Waals surface area contributed by atoms with Crippen LogP contribution in [0.5, 0.6) is 5.75 Å². The van der Waals surface area contributed by atoms with Crippen LogP contribution in [-0.4, -0.2) is 43.5 Å². The summed E-state index contributed by atoms with van der Waals surface area (Å²) in [5, 5.41) is 2.69. The predicted molar refractivity (Wildman–Crippen MR) is 103 cm³/mol. The summed E-state index contributed by atoms with van der Waals surface area (Å²) in [4.78, 5) is 13.0. The number of anilines is 1. The van der Waals surface area contributed by atoms with Crippen LogP contribution in [0.1, 0.15) is 19.4 Å². The molecule has 0 heterocycles. The average Bonchev–Trinajstić information content (AvgIpc) is 2.61. The number of carbonyl (C=O) groups excluding carboxylic acids is 1. The molecule has 146 valence electrons. The maximum atomic E-state index is 11.3. The number of benzene rings is 2. The topological polar surface area (TPSA) is 95.9 Å². The Labute approximate surface area is 159 Å². The Morgan fingerprint density at radius 1 is 1.19 bits per heavy atom. The number of amides is 1. The highest BCUT2D eigenvalue weighted by Crippen LogP contribution is 2.16. The van der Waals surface area contributed by atoms with Gasteiger partial charge in [0.15, 0.2) is 0 Å². The maximum Gasteiger partial charge on any atom is 0.294 e. The van der Waals surface area contributed by atoms with Gasteiger partial charge in [0.05, 0.1) is 4.90 Å². The molecule has 0 unspecified atom stereocenters. The van der Waals surface area contributed by atoms with Crippen LogP contribution in [0.2, 0.25) is 0 Å². The minimum atomic E-state index is -4.20. The van der Waals surface area contributed by atoms with Crippen LogP contribution in [0.3, 0.4) is 0 Å². The molecule has 0 saturated heterocycles. The van der Waals surface area contributed by atoms with Gasteiger partial charge in [0.25, 0.3) is 10.1 Å². The highest BCUT2D eigenvalue weighted by Gasteiger charge is 2.11. The Hall–Kier alpha value is -2.42. The van der Waals surface area contributed by atoms with Crippen molar-refractivity contribution in [2.45, 2.75) is 25.3 Å². The van der Waals surface area contributed by atoms with Crippen molar-refractivity contribution in [1.29, 1.82) is 0 Å². The largest absolute Gasteiger partial charge is 0.492 e. The first-order chi connectivity index (χ1) is 12.8. The summed E-state index contributed by atoms with van der Waals surface area (Å²) in [6.07, 6.45) is 0. The summed E-state index contributed by atoms with van der Waals surface area (Å²) in [5.41, 5.74) is 1.51. The van der Waals surface area contributed by atoms with Crippen LogP contribution in [-0.2, 0) is 21.5 Å². The van der Waals surface area contributed by atoms with E-state index >= 15 is 0 Å². The van der Waals surface area contributed by atoms with E-state index in [1.165, 1.54) is 19.1 Å². The summed E-state index contributed by atoms with van der Waals surface area (Å²) in [7, 11) is -4.20. The number of rotatable bonds is 9. The van der Waals surface area contributed by atoms with Crippen molar-refractivity contribution in [3.8, 4) is 5.75 Å². The summed E-state index contributed by atoms with van der Waals surface area (Å²) < 4.78 is 37.4. The van der Waals surface area contributed by atoms with E-state index in [0.29, 0.717) is 31.1 Å². The molecule has 8 heteroatoms. The molecule has 0 aliphatic heterocycles. The lowest BCUT2D eigenvalue weighted by Gasteiger charge is -2.21. The number of nitrogens with zero attached hydrogens (tertiary/aromatic N) is 1. The number of carbonyl (C=O) groups is 1. The third-order valence-corrected chi connectivity index (χ3v) is 4.75. The van der Waals surface area contributed by atoms with Crippen LogP contribution in [0.25, 0.3) is 0 Å². The van der Waals surface area contributed by atoms with Gasteiger partial charge in [-0.3, -0.25) is 14.2 Å². The summed E-state index contributed by atoms with van der Waals surface area (Å²) in [6.45, 7) is 5.89. The molecule has 2 N–H and O–H groups in total. The Morgan fingerprint density at radius 2 is 1.89 bits per heavy atom. The minimum absolute atomic E-state index is 0.105. The summed E-state index contributed by atoms with van der Waals surface area (Å²) in [5.74, 6) is 0.578. The summed E-state index contributed by atoms with van der Waals surface area (Å²) >= 11 is 0. The van der Waals surface area contributed by atoms with Gasteiger partial charge in [-0.05, 0) is 48.5 Å². The van der Waals surface area contributed by atoms with Crippen LogP contribution < -0.4 is 10.1 Å². The number of nitrogens with one attached hydrogen (secondary N) is 1. The molecule has 2 aromatic carbocycles. The molecule has 7 nitrogen and oxygen atoms in total. The molecule has 0 aliphatic carbocycles. The molecule has 0 bridgehead atoms. The molecule has 0 fully saturated rings. The number of hydrogen-bond acceptors (Lipinski definition) is 5. The molecular weight excluding hydrogens is 368 g/mol. The van der Waals surface area contributed by atoms with Crippen molar-refractivity contribution < 1.29 is 22.5 Å². The van der Waals surface area contributed by atoms with Crippen molar-refractivity contribution in [3.05, 3.63) is 54.1 Å². The zero-order chi connectivity index (χ0) is 19.9. The van der Waals surface area contributed by atoms with E-state index in [1.807, 2.05) is 13.0 Å². The Kier molecular flexibility index (Phi) is 7.35. The maximum absolute atomic E-state index is 11.3. The van der Waals surface area contributed by atoms with Crippen molar-refractivity contribution >= 4 is 21.7 Å². The number of hydrogen-bond donors (Lipinski definition) is 2. The van der Waals surface area contributed by atoms with Gasteiger partial charge in [-0.1, -0.05) is 19.1 Å². The fraction of sp³-hybridized carbons (Fsp3) is 0.316. The molecule has 1 amide bonds. The molecule has 0 spiro atoms. The smallest absolute Gasteiger partial charge is 0.294 e. The van der Waals surface area contributed by atoms with Gasteiger partial charge in [-0.15, -0.1) is 0 Å². The Bertz CT molecular complexity index is 866. The minimum Gasteiger partial charge on any atom is -0.492 e. The van der Waals surface area contributed by atoms with Gasteiger partial charge < -0.3 is 10.1 Å². The van der Waals surface area contributed by atoms with Crippen LogP contribution in [0, 0.1) is 0 Å². The van der Waals surface area contributed by atoms with Gasteiger partial charge >= 0.3 is 0 Å². The second kappa shape index (κ2) is 9.50. The fourth-order valence-electron chi connectivity index (χ4n) is 2.54. The first-order valence-corrected chi connectivity index (χ1v) is 10.0. The number of likely N-dealkylation sites (N-methyl/N-ethyl adjacent to an activating group) is 1. The predicted octanol–water partition coefficient (Wildman–Crippen LogP) is 2.79. The van der Waals surface area contributed by atoms with E-state index in [2.05, 4.69) is 10.2 Å². The molecule has 0 radical (unpaired) electrons. The second-order valence-corrected chi connectivity index (χ2v) is 7.47. The summed E-state index contributed by atoms with van der Waals surface area (Å²) in [6, 6.07) is 13.4. The van der Waals surface area contributed by atoms with Gasteiger partial charge in [0, 0.05) is 25.7 Å². The molecule has 0 atom stereocenters. The third kappa shape index (κ3) is 7.01. The van der Waals surface area contributed by atoms with E-state index in [4.69, 9.17) is 9.29 Å². The highest BCUT2D eigenvalue weighted by molar-refractivity contribution is 7.85. The Balaban J connectivity index is 1.88. The molecule has 0 saturated carbocycles. The van der Waals surface area contributed by atoms with Gasteiger partial charge in [-0.2, -0.15) is 8.42 Å². The van der Waals surface area contributed by atoms with E-state index in [9.17, 15) is 13.2 Å². The van der Waals surface area contributed by atoms with E-state index in [1.54, 1.807) is 30.3 Å². The van der Waals surface area contributed by atoms with E-state index < -0.39 is 10.1 Å². The zero-order valence-electron chi connectivity index (χ0n) is 15.4. The van der Waals surface area contributed by atoms with Gasteiger partial charge in [-0.25, -0.2) is 0 Å². The standard InChI is InChI=1S/C19H24N2O5S/c1-3-21(14-16-5-4-6-19(13-16)27(23,24)25)11-12-26-18-9-7-17(8-10-18)20-15(2)22/h4-10,13H,3,11-12,14H2,1-2H3,(H,20,22)(H,23,24,25). The SMILES string of the molecule is CCN(CCOc1ccc(NC(C)=O)cc1)Cc1cccc(S(=O)(=O)O)c1. The van der Waals surface area contributed by atoms with Crippen LogP contribution in [0.4, 0.5) is 5.69 Å². The third-order valence-electron chi connectivity index (χ3n) is 3.90. The Morgan fingerprint density at radius 3 is 2.48 bits per heavy atom.